The standard InChI is InChI=1S/C7H5ClN2O/c1-4-2-7(11)6(10-9)3-5(4)8/h2-3H,1H3/p+1. The van der Waals surface area contributed by atoms with Gasteiger partial charge in [-0.05, 0) is 18.6 Å². The summed E-state index contributed by atoms with van der Waals surface area (Å²) >= 11 is 5.68. The van der Waals surface area contributed by atoms with Crippen LogP contribution in [0, 0.1) is 12.3 Å². The first-order valence-electron chi connectivity index (χ1n) is 2.99. The van der Waals surface area contributed by atoms with Crippen LogP contribution in [-0.2, 0) is 0 Å². The van der Waals surface area contributed by atoms with Gasteiger partial charge >= 0.3 is 5.69 Å². The molecule has 0 fully saturated rings. The summed E-state index contributed by atoms with van der Waals surface area (Å²) in [4.78, 5) is 2.84. The SMILES string of the molecule is Cc1cc(O)c([N+]#N)cc1Cl. The van der Waals surface area contributed by atoms with Crippen LogP contribution in [-0.4, -0.2) is 5.11 Å². The van der Waals surface area contributed by atoms with Gasteiger partial charge in [-0.25, -0.2) is 0 Å². The normalized spacial score (nSPS) is 9.18. The molecule has 0 unspecified atom stereocenters. The molecule has 0 aliphatic carbocycles. The molecule has 1 aromatic carbocycles. The number of aryl methyl sites for hydroxylation is 1. The van der Waals surface area contributed by atoms with Gasteiger partial charge in [-0.3, -0.25) is 0 Å². The summed E-state index contributed by atoms with van der Waals surface area (Å²) in [7, 11) is 0. The first-order chi connectivity index (χ1) is 5.15. The third-order valence-electron chi connectivity index (χ3n) is 1.36. The van der Waals surface area contributed by atoms with Gasteiger partial charge in [0, 0.05) is 0 Å². The van der Waals surface area contributed by atoms with Crippen molar-refractivity contribution < 1.29 is 5.11 Å². The fourth-order valence-corrected chi connectivity index (χ4v) is 0.894. The van der Waals surface area contributed by atoms with E-state index in [2.05, 4.69) is 4.98 Å². The van der Waals surface area contributed by atoms with Crippen molar-refractivity contribution in [2.75, 3.05) is 0 Å². The highest BCUT2D eigenvalue weighted by atomic mass is 35.5. The number of phenolic OH excluding ortho intramolecular Hbond substituents is 1. The van der Waals surface area contributed by atoms with E-state index < -0.39 is 0 Å². The van der Waals surface area contributed by atoms with Crippen molar-refractivity contribution >= 4 is 17.3 Å². The lowest BCUT2D eigenvalue weighted by molar-refractivity contribution is 0.478. The maximum atomic E-state index is 9.10. The van der Waals surface area contributed by atoms with Gasteiger partial charge < -0.3 is 5.11 Å². The predicted molar refractivity (Wildman–Crippen MR) is 42.6 cm³/mol. The first kappa shape index (κ1) is 7.83. The Bertz CT molecular complexity index is 330. The number of hydrogen-bond acceptors (Lipinski definition) is 2. The van der Waals surface area contributed by atoms with Crippen molar-refractivity contribution in [1.82, 2.24) is 0 Å². The molecule has 0 atom stereocenters. The van der Waals surface area contributed by atoms with Crippen molar-refractivity contribution in [3.8, 4) is 5.75 Å². The largest absolute Gasteiger partial charge is 0.501 e. The van der Waals surface area contributed by atoms with E-state index in [1.165, 1.54) is 12.1 Å². The van der Waals surface area contributed by atoms with Crippen molar-refractivity contribution in [3.05, 3.63) is 27.7 Å². The summed E-state index contributed by atoms with van der Waals surface area (Å²) in [5.74, 6) is -0.0746. The lowest BCUT2D eigenvalue weighted by Crippen LogP contribution is -1.74. The second-order valence-electron chi connectivity index (χ2n) is 2.19. The van der Waals surface area contributed by atoms with E-state index in [0.717, 1.165) is 5.56 Å². The number of rotatable bonds is 0. The fourth-order valence-electron chi connectivity index (χ4n) is 0.736. The summed E-state index contributed by atoms with van der Waals surface area (Å²) in [5, 5.41) is 17.9. The van der Waals surface area contributed by atoms with E-state index in [-0.39, 0.29) is 11.4 Å². The van der Waals surface area contributed by atoms with Gasteiger partial charge in [0.05, 0.1) is 11.1 Å². The van der Waals surface area contributed by atoms with Crippen LogP contribution in [0.2, 0.25) is 5.02 Å². The molecule has 3 nitrogen and oxygen atoms in total. The molecule has 0 bridgehead atoms. The topological polar surface area (TPSA) is 48.4 Å². The second-order valence-corrected chi connectivity index (χ2v) is 2.60. The highest BCUT2D eigenvalue weighted by molar-refractivity contribution is 6.31. The van der Waals surface area contributed by atoms with Gasteiger partial charge in [-0.15, -0.1) is 0 Å². The van der Waals surface area contributed by atoms with Crippen LogP contribution in [0.25, 0.3) is 4.98 Å². The Morgan fingerprint density at radius 3 is 2.73 bits per heavy atom. The Balaban J connectivity index is 3.35. The molecule has 1 rings (SSSR count). The Morgan fingerprint density at radius 1 is 1.55 bits per heavy atom. The first-order valence-corrected chi connectivity index (χ1v) is 3.37. The third-order valence-corrected chi connectivity index (χ3v) is 1.77. The summed E-state index contributed by atoms with van der Waals surface area (Å²) in [5.41, 5.74) is 0.831. The van der Waals surface area contributed by atoms with Crippen LogP contribution >= 0.6 is 11.6 Å². The Hall–Kier alpha value is -1.27. The van der Waals surface area contributed by atoms with Gasteiger partial charge in [-0.1, -0.05) is 11.6 Å². The molecule has 0 amide bonds. The molecular weight excluding hydrogens is 164 g/mol. The van der Waals surface area contributed by atoms with E-state index >= 15 is 0 Å². The second kappa shape index (κ2) is 2.77. The van der Waals surface area contributed by atoms with Crippen molar-refractivity contribution in [3.63, 3.8) is 0 Å². The quantitative estimate of drug-likeness (QED) is 0.607. The molecule has 0 saturated heterocycles. The minimum Gasteiger partial charge on any atom is -0.501 e. The van der Waals surface area contributed by atoms with Gasteiger partial charge in [0.2, 0.25) is 11.1 Å². The van der Waals surface area contributed by atoms with Crippen LogP contribution in [0.3, 0.4) is 0 Å². The summed E-state index contributed by atoms with van der Waals surface area (Å²) in [6.45, 7) is 1.75. The van der Waals surface area contributed by atoms with Crippen molar-refractivity contribution in [2.24, 2.45) is 0 Å². The molecule has 0 spiro atoms. The van der Waals surface area contributed by atoms with Crippen molar-refractivity contribution in [2.45, 2.75) is 6.92 Å². The molecule has 1 aromatic rings. The molecule has 11 heavy (non-hydrogen) atoms. The fraction of sp³-hybridized carbons (Fsp3) is 0.143. The molecule has 0 aliphatic rings. The molecule has 0 aliphatic heterocycles. The van der Waals surface area contributed by atoms with Gasteiger partial charge in [0.25, 0.3) is 0 Å². The number of phenols is 1. The van der Waals surface area contributed by atoms with E-state index in [9.17, 15) is 0 Å². The highest BCUT2D eigenvalue weighted by Crippen LogP contribution is 2.31. The Morgan fingerprint density at radius 2 is 2.18 bits per heavy atom. The molecule has 0 aromatic heterocycles. The zero-order valence-electron chi connectivity index (χ0n) is 5.87. The average molecular weight is 170 g/mol. The minimum atomic E-state index is -0.0746. The van der Waals surface area contributed by atoms with E-state index in [1.807, 2.05) is 0 Å². The average Bonchev–Trinajstić information content (AvgIpc) is 1.97. The lowest BCUT2D eigenvalue weighted by Gasteiger charge is -1.93. The minimum absolute atomic E-state index is 0.0746. The zero-order valence-corrected chi connectivity index (χ0v) is 6.63. The highest BCUT2D eigenvalue weighted by Gasteiger charge is 2.14. The third kappa shape index (κ3) is 1.41. The molecule has 1 N–H and O–H groups in total. The van der Waals surface area contributed by atoms with Gasteiger partial charge in [0.15, 0.2) is 4.98 Å². The van der Waals surface area contributed by atoms with Crippen LogP contribution < -0.4 is 0 Å². The smallest absolute Gasteiger partial charge is 0.427 e. The Kier molecular flexibility index (Phi) is 1.97. The number of diazo groups is 1. The van der Waals surface area contributed by atoms with Gasteiger partial charge in [-0.2, -0.15) is 0 Å². The monoisotopic (exact) mass is 169 g/mol. The maximum absolute atomic E-state index is 9.10. The number of nitrogens with zero attached hydrogens (tertiary/aromatic N) is 2. The molecule has 0 heterocycles. The predicted octanol–water partition coefficient (Wildman–Crippen LogP) is 2.84. The molecule has 0 radical (unpaired) electrons. The molecule has 4 heteroatoms. The zero-order chi connectivity index (χ0) is 8.43. The number of aromatic hydroxyl groups is 1. The molecule has 56 valence electrons. The van der Waals surface area contributed by atoms with Crippen LogP contribution in [0.1, 0.15) is 5.56 Å². The summed E-state index contributed by atoms with van der Waals surface area (Å²) in [6.07, 6.45) is 0. The Labute approximate surface area is 68.9 Å². The summed E-state index contributed by atoms with van der Waals surface area (Å²) < 4.78 is 0. The van der Waals surface area contributed by atoms with E-state index in [4.69, 9.17) is 22.1 Å². The van der Waals surface area contributed by atoms with Crippen LogP contribution in [0.4, 0.5) is 5.69 Å². The molecule has 0 saturated carbocycles. The van der Waals surface area contributed by atoms with E-state index in [1.54, 1.807) is 6.92 Å². The number of hydrogen-bond donors (Lipinski definition) is 1. The molecular formula is C7H6ClN2O+. The van der Waals surface area contributed by atoms with Gasteiger partial charge in [0.1, 0.15) is 0 Å². The van der Waals surface area contributed by atoms with Crippen LogP contribution in [0.15, 0.2) is 12.1 Å². The van der Waals surface area contributed by atoms with Crippen molar-refractivity contribution in [1.29, 1.82) is 5.39 Å². The number of halogens is 1. The van der Waals surface area contributed by atoms with E-state index in [0.29, 0.717) is 5.02 Å². The number of benzene rings is 1. The lowest BCUT2D eigenvalue weighted by atomic mass is 10.2. The maximum Gasteiger partial charge on any atom is 0.427 e. The summed E-state index contributed by atoms with van der Waals surface area (Å²) in [6, 6.07) is 2.84. The van der Waals surface area contributed by atoms with Crippen LogP contribution in [0.5, 0.6) is 5.75 Å².